The highest BCUT2D eigenvalue weighted by Crippen LogP contribution is 2.21. The molecule has 0 fully saturated rings. The number of carbonyl (C=O) groups excluding carboxylic acids is 1. The lowest BCUT2D eigenvalue weighted by atomic mass is 10.0. The number of benzene rings is 1. The van der Waals surface area contributed by atoms with E-state index in [1.165, 1.54) is 0 Å². The molecule has 100 valence electrons. The second-order valence-corrected chi connectivity index (χ2v) is 6.29. The molecule has 0 aliphatic carbocycles. The van der Waals surface area contributed by atoms with Gasteiger partial charge in [0.25, 0.3) is 0 Å². The van der Waals surface area contributed by atoms with Crippen LogP contribution in [0.15, 0.2) is 24.3 Å². The van der Waals surface area contributed by atoms with E-state index in [1.807, 2.05) is 13.8 Å². The molecule has 5 nitrogen and oxygen atoms in total. The molecule has 0 saturated carbocycles. The Bertz CT molecular complexity index is 520. The first kappa shape index (κ1) is 14.5. The summed E-state index contributed by atoms with van der Waals surface area (Å²) in [5, 5.41) is 10.6. The van der Waals surface area contributed by atoms with Gasteiger partial charge in [-0.15, -0.1) is 0 Å². The molecule has 0 aromatic heterocycles. The van der Waals surface area contributed by atoms with E-state index in [9.17, 15) is 18.3 Å². The van der Waals surface area contributed by atoms with Crippen molar-refractivity contribution in [2.75, 3.05) is 17.1 Å². The van der Waals surface area contributed by atoms with Gasteiger partial charge in [0.1, 0.15) is 0 Å². The Morgan fingerprint density at radius 1 is 1.28 bits per heavy atom. The molecule has 0 N–H and O–H groups in total. The Labute approximate surface area is 107 Å². The van der Waals surface area contributed by atoms with E-state index >= 15 is 0 Å². The number of nitrogens with zero attached hydrogens (tertiary/aromatic N) is 1. The topological polar surface area (TPSA) is 77.5 Å². The molecule has 6 heteroatoms. The van der Waals surface area contributed by atoms with Crippen LogP contribution in [0.5, 0.6) is 0 Å². The predicted octanol–water partition coefficient (Wildman–Crippen LogP) is 0.326. The van der Waals surface area contributed by atoms with Crippen LogP contribution in [-0.2, 0) is 14.8 Å². The lowest BCUT2D eigenvalue weighted by Crippen LogP contribution is -2.41. The Morgan fingerprint density at radius 3 is 2.11 bits per heavy atom. The minimum Gasteiger partial charge on any atom is -0.548 e. The van der Waals surface area contributed by atoms with Gasteiger partial charge in [0.2, 0.25) is 10.0 Å². The van der Waals surface area contributed by atoms with Gasteiger partial charge >= 0.3 is 0 Å². The fraction of sp³-hybridized carbons (Fsp3) is 0.417. The van der Waals surface area contributed by atoms with Gasteiger partial charge in [-0.25, -0.2) is 8.42 Å². The molecule has 1 rings (SSSR count). The van der Waals surface area contributed by atoms with Crippen molar-refractivity contribution in [3.05, 3.63) is 29.8 Å². The van der Waals surface area contributed by atoms with E-state index < -0.39 is 22.5 Å². The molecule has 0 unspecified atom stereocenters. The SMILES string of the molecule is CC(C)c1ccc(N(CC(=O)[O-])S(C)(=O)=O)cc1. The minimum atomic E-state index is -3.63. The summed E-state index contributed by atoms with van der Waals surface area (Å²) < 4.78 is 23.9. The van der Waals surface area contributed by atoms with Gasteiger partial charge in [-0.1, -0.05) is 26.0 Å². The average Bonchev–Trinajstić information content (AvgIpc) is 2.24. The van der Waals surface area contributed by atoms with Gasteiger partial charge in [0.15, 0.2) is 0 Å². The lowest BCUT2D eigenvalue weighted by molar-refractivity contribution is -0.303. The standard InChI is InChI=1S/C12H17NO4S/c1-9(2)10-4-6-11(7-5-10)13(8-12(14)15)18(3,16)17/h4-7,9H,8H2,1-3H3,(H,14,15)/p-1. The van der Waals surface area contributed by atoms with E-state index in [-0.39, 0.29) is 0 Å². The van der Waals surface area contributed by atoms with Crippen LogP contribution in [0, 0.1) is 0 Å². The van der Waals surface area contributed by atoms with E-state index in [1.54, 1.807) is 24.3 Å². The number of anilines is 1. The molecule has 0 atom stereocenters. The molecule has 0 heterocycles. The summed E-state index contributed by atoms with van der Waals surface area (Å²) in [4.78, 5) is 10.6. The highest BCUT2D eigenvalue weighted by molar-refractivity contribution is 7.92. The highest BCUT2D eigenvalue weighted by atomic mass is 32.2. The molecule has 0 spiro atoms. The van der Waals surface area contributed by atoms with Gasteiger partial charge in [-0.3, -0.25) is 4.31 Å². The number of aliphatic carboxylic acids is 1. The van der Waals surface area contributed by atoms with Crippen molar-refractivity contribution in [3.8, 4) is 0 Å². The van der Waals surface area contributed by atoms with E-state index in [0.717, 1.165) is 16.1 Å². The van der Waals surface area contributed by atoms with Crippen LogP contribution in [0.25, 0.3) is 0 Å². The molecule has 0 aliphatic heterocycles. The number of hydrogen-bond donors (Lipinski definition) is 0. The summed E-state index contributed by atoms with van der Waals surface area (Å²) in [7, 11) is -3.63. The molecule has 0 radical (unpaired) electrons. The Hall–Kier alpha value is -1.56. The largest absolute Gasteiger partial charge is 0.548 e. The molecule has 0 amide bonds. The lowest BCUT2D eigenvalue weighted by Gasteiger charge is -2.23. The predicted molar refractivity (Wildman–Crippen MR) is 67.7 cm³/mol. The number of hydrogen-bond acceptors (Lipinski definition) is 4. The molecule has 18 heavy (non-hydrogen) atoms. The smallest absolute Gasteiger partial charge is 0.232 e. The Morgan fingerprint density at radius 2 is 1.78 bits per heavy atom. The Kier molecular flexibility index (Phi) is 4.34. The summed E-state index contributed by atoms with van der Waals surface area (Å²) in [5.74, 6) is -1.11. The third-order valence-electron chi connectivity index (χ3n) is 2.52. The third kappa shape index (κ3) is 3.73. The normalized spacial score (nSPS) is 11.6. The zero-order valence-corrected chi connectivity index (χ0v) is 11.4. The van der Waals surface area contributed by atoms with Crippen LogP contribution in [0.3, 0.4) is 0 Å². The molecular weight excluding hydrogens is 254 g/mol. The fourth-order valence-electron chi connectivity index (χ4n) is 1.54. The first-order valence-electron chi connectivity index (χ1n) is 5.49. The van der Waals surface area contributed by atoms with Crippen LogP contribution >= 0.6 is 0 Å². The maximum Gasteiger partial charge on any atom is 0.232 e. The second-order valence-electron chi connectivity index (χ2n) is 4.39. The van der Waals surface area contributed by atoms with Crippen molar-refractivity contribution in [1.82, 2.24) is 0 Å². The molecule has 1 aromatic carbocycles. The number of sulfonamides is 1. The van der Waals surface area contributed by atoms with Gasteiger partial charge in [0.05, 0.1) is 24.5 Å². The van der Waals surface area contributed by atoms with Crippen molar-refractivity contribution in [1.29, 1.82) is 0 Å². The summed E-state index contributed by atoms with van der Waals surface area (Å²) >= 11 is 0. The van der Waals surface area contributed by atoms with E-state index in [4.69, 9.17) is 0 Å². The number of carbonyl (C=O) groups is 1. The summed E-state index contributed by atoms with van der Waals surface area (Å²) in [6.07, 6.45) is 0.965. The monoisotopic (exact) mass is 270 g/mol. The van der Waals surface area contributed by atoms with Crippen molar-refractivity contribution in [3.63, 3.8) is 0 Å². The molecular formula is C12H16NO4S-. The van der Waals surface area contributed by atoms with Gasteiger partial charge < -0.3 is 9.90 Å². The number of carboxylic acids is 1. The van der Waals surface area contributed by atoms with Gasteiger partial charge in [-0.2, -0.15) is 0 Å². The summed E-state index contributed by atoms with van der Waals surface area (Å²) in [6, 6.07) is 6.76. The second kappa shape index (κ2) is 5.39. The zero-order chi connectivity index (χ0) is 13.9. The summed E-state index contributed by atoms with van der Waals surface area (Å²) in [5.41, 5.74) is 1.38. The van der Waals surface area contributed by atoms with Crippen molar-refractivity contribution >= 4 is 21.7 Å². The maximum absolute atomic E-state index is 11.5. The molecule has 0 saturated heterocycles. The van der Waals surface area contributed by atoms with Crippen LogP contribution in [-0.4, -0.2) is 27.2 Å². The zero-order valence-electron chi connectivity index (χ0n) is 10.6. The fourth-order valence-corrected chi connectivity index (χ4v) is 2.39. The average molecular weight is 270 g/mol. The van der Waals surface area contributed by atoms with E-state index in [0.29, 0.717) is 11.6 Å². The van der Waals surface area contributed by atoms with Crippen LogP contribution in [0.4, 0.5) is 5.69 Å². The summed E-state index contributed by atoms with van der Waals surface area (Å²) in [6.45, 7) is 3.36. The van der Waals surface area contributed by atoms with Crippen LogP contribution < -0.4 is 9.41 Å². The van der Waals surface area contributed by atoms with E-state index in [2.05, 4.69) is 0 Å². The third-order valence-corrected chi connectivity index (χ3v) is 3.66. The van der Waals surface area contributed by atoms with Gasteiger partial charge in [0, 0.05) is 0 Å². The molecule has 0 aliphatic rings. The quantitative estimate of drug-likeness (QED) is 0.772. The number of carboxylic acid groups (broad SMARTS) is 1. The van der Waals surface area contributed by atoms with Crippen LogP contribution in [0.1, 0.15) is 25.3 Å². The number of rotatable bonds is 5. The van der Waals surface area contributed by atoms with Crippen molar-refractivity contribution in [2.45, 2.75) is 19.8 Å². The minimum absolute atomic E-state index is 0.325. The highest BCUT2D eigenvalue weighted by Gasteiger charge is 2.17. The van der Waals surface area contributed by atoms with Crippen LogP contribution in [0.2, 0.25) is 0 Å². The van der Waals surface area contributed by atoms with Crippen molar-refractivity contribution in [2.24, 2.45) is 0 Å². The first-order valence-corrected chi connectivity index (χ1v) is 7.34. The first-order chi connectivity index (χ1) is 8.21. The molecule has 0 bridgehead atoms. The van der Waals surface area contributed by atoms with Crippen molar-refractivity contribution < 1.29 is 18.3 Å². The van der Waals surface area contributed by atoms with Gasteiger partial charge in [-0.05, 0) is 23.6 Å². The molecule has 1 aromatic rings. The Balaban J connectivity index is 3.10. The maximum atomic E-state index is 11.5.